The van der Waals surface area contributed by atoms with E-state index in [-0.39, 0.29) is 12.1 Å². The number of amides is 1. The number of methoxy groups -OCH3 is 2. The van der Waals surface area contributed by atoms with E-state index in [0.717, 1.165) is 29.0 Å². The maximum Gasteiger partial charge on any atom is 0.410 e. The van der Waals surface area contributed by atoms with Crippen LogP contribution in [0.2, 0.25) is 0 Å². The van der Waals surface area contributed by atoms with Gasteiger partial charge in [-0.2, -0.15) is 0 Å². The second-order valence-corrected chi connectivity index (χ2v) is 6.50. The van der Waals surface area contributed by atoms with Gasteiger partial charge < -0.3 is 19.1 Å². The van der Waals surface area contributed by atoms with Crippen LogP contribution in [0.1, 0.15) is 44.9 Å². The van der Waals surface area contributed by atoms with E-state index in [0.29, 0.717) is 6.54 Å². The summed E-state index contributed by atoms with van der Waals surface area (Å²) in [5, 5.41) is 0. The molecule has 122 valence electrons. The van der Waals surface area contributed by atoms with Crippen LogP contribution in [0, 0.1) is 0 Å². The van der Waals surface area contributed by atoms with Crippen molar-refractivity contribution in [2.45, 2.75) is 45.8 Å². The normalized spacial score (nSPS) is 17.7. The van der Waals surface area contributed by atoms with Crippen LogP contribution in [-0.2, 0) is 11.2 Å². The third kappa shape index (κ3) is 3.29. The molecule has 1 heterocycles. The Bertz CT molecular complexity index is 545. The van der Waals surface area contributed by atoms with Gasteiger partial charge in [0.15, 0.2) is 0 Å². The molecule has 1 atom stereocenters. The predicted molar refractivity (Wildman–Crippen MR) is 84.6 cm³/mol. The Hall–Kier alpha value is -1.91. The minimum atomic E-state index is -0.499. The zero-order valence-electron chi connectivity index (χ0n) is 14.2. The molecule has 5 nitrogen and oxygen atoms in total. The van der Waals surface area contributed by atoms with Gasteiger partial charge in [0.25, 0.3) is 0 Å². The largest absolute Gasteiger partial charge is 0.497 e. The summed E-state index contributed by atoms with van der Waals surface area (Å²) < 4.78 is 16.3. The fraction of sp³-hybridized carbons (Fsp3) is 0.588. The molecule has 0 aromatic heterocycles. The van der Waals surface area contributed by atoms with Crippen molar-refractivity contribution in [1.82, 2.24) is 4.90 Å². The molecular weight excluding hydrogens is 282 g/mol. The fourth-order valence-electron chi connectivity index (χ4n) is 2.78. The Morgan fingerprint density at radius 3 is 2.45 bits per heavy atom. The molecule has 0 saturated carbocycles. The first-order valence-corrected chi connectivity index (χ1v) is 7.51. The number of ether oxygens (including phenoxy) is 3. The Morgan fingerprint density at radius 1 is 1.23 bits per heavy atom. The topological polar surface area (TPSA) is 48.0 Å². The minimum Gasteiger partial charge on any atom is -0.497 e. The van der Waals surface area contributed by atoms with Gasteiger partial charge in [0, 0.05) is 18.2 Å². The molecule has 1 aromatic carbocycles. The summed E-state index contributed by atoms with van der Waals surface area (Å²) in [6.07, 6.45) is 0.468. The molecule has 22 heavy (non-hydrogen) atoms. The number of nitrogens with zero attached hydrogens (tertiary/aromatic N) is 1. The zero-order valence-corrected chi connectivity index (χ0v) is 14.2. The van der Waals surface area contributed by atoms with Gasteiger partial charge in [0.1, 0.15) is 17.1 Å². The van der Waals surface area contributed by atoms with E-state index < -0.39 is 5.60 Å². The number of rotatable bonds is 2. The van der Waals surface area contributed by atoms with Gasteiger partial charge in [-0.25, -0.2) is 4.79 Å². The SMILES string of the molecule is COc1cc2c(c(OC)c1)C(C)N(C(=O)OC(C)(C)C)CC2. The van der Waals surface area contributed by atoms with E-state index in [1.54, 1.807) is 19.1 Å². The Kier molecular flexibility index (Phi) is 4.54. The summed E-state index contributed by atoms with van der Waals surface area (Å²) in [6, 6.07) is 3.77. The predicted octanol–water partition coefficient (Wildman–Crippen LogP) is 3.56. The van der Waals surface area contributed by atoms with Crippen molar-refractivity contribution < 1.29 is 19.0 Å². The molecule has 0 saturated heterocycles. The average Bonchev–Trinajstić information content (AvgIpc) is 2.44. The highest BCUT2D eigenvalue weighted by molar-refractivity contribution is 5.70. The second-order valence-electron chi connectivity index (χ2n) is 6.50. The van der Waals surface area contributed by atoms with Crippen LogP contribution < -0.4 is 9.47 Å². The molecule has 0 bridgehead atoms. The molecule has 0 fully saturated rings. The molecule has 0 aliphatic carbocycles. The summed E-state index contributed by atoms with van der Waals surface area (Å²) in [6.45, 7) is 8.24. The highest BCUT2D eigenvalue weighted by Crippen LogP contribution is 2.39. The number of benzene rings is 1. The van der Waals surface area contributed by atoms with E-state index in [1.807, 2.05) is 39.8 Å². The van der Waals surface area contributed by atoms with Gasteiger partial charge in [0.2, 0.25) is 0 Å². The fourth-order valence-corrected chi connectivity index (χ4v) is 2.78. The van der Waals surface area contributed by atoms with Gasteiger partial charge in [-0.3, -0.25) is 0 Å². The van der Waals surface area contributed by atoms with Crippen molar-refractivity contribution in [3.05, 3.63) is 23.3 Å². The summed E-state index contributed by atoms with van der Waals surface area (Å²) in [5.41, 5.74) is 1.69. The van der Waals surface area contributed by atoms with Crippen LogP contribution in [0.4, 0.5) is 4.79 Å². The van der Waals surface area contributed by atoms with Crippen LogP contribution in [0.25, 0.3) is 0 Å². The van der Waals surface area contributed by atoms with Crippen molar-refractivity contribution >= 4 is 6.09 Å². The molecule has 5 heteroatoms. The highest BCUT2D eigenvalue weighted by Gasteiger charge is 2.33. The molecule has 0 spiro atoms. The molecule has 1 aliphatic rings. The van der Waals surface area contributed by atoms with Gasteiger partial charge in [-0.05, 0) is 45.7 Å². The van der Waals surface area contributed by atoms with E-state index in [2.05, 4.69) is 0 Å². The first kappa shape index (κ1) is 16.5. The van der Waals surface area contributed by atoms with E-state index >= 15 is 0 Å². The standard InChI is InChI=1S/C17H25NO4/c1-11-15-12(9-13(20-5)10-14(15)21-6)7-8-18(11)16(19)22-17(2,3)4/h9-11H,7-8H2,1-6H3. The number of carbonyl (C=O) groups is 1. The van der Waals surface area contributed by atoms with Crippen molar-refractivity contribution in [1.29, 1.82) is 0 Å². The number of fused-ring (bicyclic) bond motifs is 1. The molecule has 0 radical (unpaired) electrons. The second kappa shape index (κ2) is 6.07. The quantitative estimate of drug-likeness (QED) is 0.838. The van der Waals surface area contributed by atoms with Gasteiger partial charge in [-0.15, -0.1) is 0 Å². The molecular formula is C17H25NO4. The van der Waals surface area contributed by atoms with Gasteiger partial charge in [0.05, 0.1) is 20.3 Å². The third-order valence-electron chi connectivity index (χ3n) is 3.79. The van der Waals surface area contributed by atoms with Crippen LogP contribution in [0.15, 0.2) is 12.1 Å². The third-order valence-corrected chi connectivity index (χ3v) is 3.79. The average molecular weight is 307 g/mol. The number of hydrogen-bond donors (Lipinski definition) is 0. The van der Waals surface area contributed by atoms with Crippen molar-refractivity contribution in [2.24, 2.45) is 0 Å². The lowest BCUT2D eigenvalue weighted by Crippen LogP contribution is -2.42. The van der Waals surface area contributed by atoms with Crippen LogP contribution >= 0.6 is 0 Å². The number of hydrogen-bond acceptors (Lipinski definition) is 4. The lowest BCUT2D eigenvalue weighted by atomic mass is 9.92. The van der Waals surface area contributed by atoms with E-state index in [9.17, 15) is 4.79 Å². The Labute approximate surface area is 132 Å². The van der Waals surface area contributed by atoms with Crippen LogP contribution in [0.3, 0.4) is 0 Å². The lowest BCUT2D eigenvalue weighted by molar-refractivity contribution is 0.0157. The summed E-state index contributed by atoms with van der Waals surface area (Å²) in [5.74, 6) is 1.52. The molecule has 0 N–H and O–H groups in total. The van der Waals surface area contributed by atoms with Gasteiger partial charge >= 0.3 is 6.09 Å². The van der Waals surface area contributed by atoms with E-state index in [4.69, 9.17) is 14.2 Å². The summed E-state index contributed by atoms with van der Waals surface area (Å²) >= 11 is 0. The minimum absolute atomic E-state index is 0.0977. The maximum absolute atomic E-state index is 12.4. The van der Waals surface area contributed by atoms with Crippen molar-refractivity contribution in [3.63, 3.8) is 0 Å². The highest BCUT2D eigenvalue weighted by atomic mass is 16.6. The monoisotopic (exact) mass is 307 g/mol. The smallest absolute Gasteiger partial charge is 0.410 e. The molecule has 1 unspecified atom stereocenters. The number of carbonyl (C=O) groups excluding carboxylic acids is 1. The Balaban J connectivity index is 2.33. The first-order chi connectivity index (χ1) is 10.3. The van der Waals surface area contributed by atoms with Crippen LogP contribution in [0.5, 0.6) is 11.5 Å². The lowest BCUT2D eigenvalue weighted by Gasteiger charge is -2.37. The molecule has 1 aromatic rings. The summed E-state index contributed by atoms with van der Waals surface area (Å²) in [7, 11) is 3.27. The molecule has 2 rings (SSSR count). The van der Waals surface area contributed by atoms with Crippen molar-refractivity contribution in [3.8, 4) is 11.5 Å². The summed E-state index contributed by atoms with van der Waals surface area (Å²) in [4.78, 5) is 14.1. The maximum atomic E-state index is 12.4. The first-order valence-electron chi connectivity index (χ1n) is 7.51. The molecule has 1 aliphatic heterocycles. The van der Waals surface area contributed by atoms with Crippen molar-refractivity contribution in [2.75, 3.05) is 20.8 Å². The molecule has 1 amide bonds. The zero-order chi connectivity index (χ0) is 16.5. The van der Waals surface area contributed by atoms with Gasteiger partial charge in [-0.1, -0.05) is 0 Å². The van der Waals surface area contributed by atoms with Crippen LogP contribution in [-0.4, -0.2) is 37.4 Å². The van der Waals surface area contributed by atoms with E-state index in [1.165, 1.54) is 0 Å². The Morgan fingerprint density at radius 2 is 1.91 bits per heavy atom.